The number of esters is 1. The summed E-state index contributed by atoms with van der Waals surface area (Å²) in [5.74, 6) is -1.14. The number of ether oxygens (including phenoxy) is 1. The molecule has 0 aromatic heterocycles. The van der Waals surface area contributed by atoms with Gasteiger partial charge >= 0.3 is 5.97 Å². The van der Waals surface area contributed by atoms with Crippen LogP contribution in [0.3, 0.4) is 0 Å². The van der Waals surface area contributed by atoms with E-state index in [2.05, 4.69) is 4.74 Å². The SMILES string of the molecule is CCC(C(=O)OC)C(=O)N(C)C1CCCC1. The Balaban J connectivity index is 2.62. The molecule has 1 saturated carbocycles. The summed E-state index contributed by atoms with van der Waals surface area (Å²) in [7, 11) is 3.12. The molecule has 0 aliphatic heterocycles. The molecule has 0 aromatic rings. The van der Waals surface area contributed by atoms with Gasteiger partial charge in [-0.3, -0.25) is 9.59 Å². The zero-order valence-electron chi connectivity index (χ0n) is 10.4. The third-order valence-electron chi connectivity index (χ3n) is 3.41. The first kappa shape index (κ1) is 13.0. The Bertz CT molecular complexity index is 259. The number of amides is 1. The van der Waals surface area contributed by atoms with Gasteiger partial charge in [-0.05, 0) is 19.3 Å². The summed E-state index contributed by atoms with van der Waals surface area (Å²) in [6.07, 6.45) is 4.97. The molecule has 1 atom stereocenters. The average Bonchev–Trinajstić information content (AvgIpc) is 2.81. The van der Waals surface area contributed by atoms with Crippen LogP contribution in [0.1, 0.15) is 39.0 Å². The Hall–Kier alpha value is -1.06. The quantitative estimate of drug-likeness (QED) is 0.541. The molecule has 1 unspecified atom stereocenters. The Labute approximate surface area is 96.9 Å². The highest BCUT2D eigenvalue weighted by atomic mass is 16.5. The lowest BCUT2D eigenvalue weighted by molar-refractivity contribution is -0.154. The average molecular weight is 227 g/mol. The van der Waals surface area contributed by atoms with E-state index in [0.29, 0.717) is 12.5 Å². The molecule has 0 aromatic carbocycles. The summed E-state index contributed by atoms with van der Waals surface area (Å²) in [6.45, 7) is 1.84. The molecule has 0 spiro atoms. The van der Waals surface area contributed by atoms with Crippen LogP contribution >= 0.6 is 0 Å². The van der Waals surface area contributed by atoms with E-state index >= 15 is 0 Å². The van der Waals surface area contributed by atoms with Crippen molar-refractivity contribution in [3.8, 4) is 0 Å². The molecule has 0 radical (unpaired) electrons. The van der Waals surface area contributed by atoms with Crippen molar-refractivity contribution in [3.05, 3.63) is 0 Å². The van der Waals surface area contributed by atoms with Gasteiger partial charge in [0, 0.05) is 13.1 Å². The topological polar surface area (TPSA) is 46.6 Å². The van der Waals surface area contributed by atoms with Gasteiger partial charge in [-0.2, -0.15) is 0 Å². The van der Waals surface area contributed by atoms with Gasteiger partial charge in [0.15, 0.2) is 0 Å². The summed E-state index contributed by atoms with van der Waals surface area (Å²) >= 11 is 0. The molecular formula is C12H21NO3. The van der Waals surface area contributed by atoms with Crippen LogP contribution in [-0.4, -0.2) is 37.0 Å². The number of methoxy groups -OCH3 is 1. The van der Waals surface area contributed by atoms with E-state index in [4.69, 9.17) is 0 Å². The fourth-order valence-corrected chi connectivity index (χ4v) is 2.30. The molecule has 1 rings (SSSR count). The lowest BCUT2D eigenvalue weighted by Gasteiger charge is -2.27. The van der Waals surface area contributed by atoms with Crippen molar-refractivity contribution in [2.75, 3.05) is 14.2 Å². The number of nitrogens with zero attached hydrogens (tertiary/aromatic N) is 1. The van der Waals surface area contributed by atoms with Crippen LogP contribution in [0.15, 0.2) is 0 Å². The van der Waals surface area contributed by atoms with Crippen molar-refractivity contribution in [1.29, 1.82) is 0 Å². The number of rotatable bonds is 4. The van der Waals surface area contributed by atoms with Crippen LogP contribution in [0.4, 0.5) is 0 Å². The van der Waals surface area contributed by atoms with Crippen LogP contribution in [-0.2, 0) is 14.3 Å². The number of carbonyl (C=O) groups excluding carboxylic acids is 2. The predicted octanol–water partition coefficient (Wildman–Crippen LogP) is 1.59. The zero-order chi connectivity index (χ0) is 12.1. The summed E-state index contributed by atoms with van der Waals surface area (Å²) < 4.78 is 4.65. The third-order valence-corrected chi connectivity index (χ3v) is 3.41. The maximum absolute atomic E-state index is 12.1. The summed E-state index contributed by atoms with van der Waals surface area (Å²) in [5.41, 5.74) is 0. The molecular weight excluding hydrogens is 206 g/mol. The van der Waals surface area contributed by atoms with Crippen molar-refractivity contribution >= 4 is 11.9 Å². The van der Waals surface area contributed by atoms with Crippen LogP contribution in [0.25, 0.3) is 0 Å². The molecule has 0 saturated heterocycles. The largest absolute Gasteiger partial charge is 0.468 e. The van der Waals surface area contributed by atoms with Gasteiger partial charge in [-0.15, -0.1) is 0 Å². The van der Waals surface area contributed by atoms with Crippen LogP contribution in [0.5, 0.6) is 0 Å². The Morgan fingerprint density at radius 2 is 1.94 bits per heavy atom. The zero-order valence-corrected chi connectivity index (χ0v) is 10.4. The Kier molecular flexibility index (Phi) is 4.77. The van der Waals surface area contributed by atoms with E-state index in [1.54, 1.807) is 11.9 Å². The third kappa shape index (κ3) is 2.74. The first-order chi connectivity index (χ1) is 7.61. The first-order valence-corrected chi connectivity index (χ1v) is 5.96. The van der Waals surface area contributed by atoms with Gasteiger partial charge in [-0.25, -0.2) is 0 Å². The standard InChI is InChI=1S/C12H21NO3/c1-4-10(12(15)16-3)11(14)13(2)9-7-5-6-8-9/h9-10H,4-8H2,1-3H3. The van der Waals surface area contributed by atoms with Crippen LogP contribution in [0, 0.1) is 5.92 Å². The van der Waals surface area contributed by atoms with Crippen molar-refractivity contribution in [3.63, 3.8) is 0 Å². The fraction of sp³-hybridized carbons (Fsp3) is 0.833. The molecule has 16 heavy (non-hydrogen) atoms. The summed E-state index contributed by atoms with van der Waals surface area (Å²) in [4.78, 5) is 25.3. The van der Waals surface area contributed by atoms with Crippen molar-refractivity contribution in [1.82, 2.24) is 4.90 Å². The molecule has 92 valence electrons. The van der Waals surface area contributed by atoms with Crippen molar-refractivity contribution in [2.45, 2.75) is 45.1 Å². The minimum Gasteiger partial charge on any atom is -0.468 e. The van der Waals surface area contributed by atoms with E-state index in [1.807, 2.05) is 6.92 Å². The molecule has 0 bridgehead atoms. The number of hydrogen-bond acceptors (Lipinski definition) is 3. The lowest BCUT2D eigenvalue weighted by Crippen LogP contribution is -2.42. The van der Waals surface area contributed by atoms with Crippen LogP contribution in [0.2, 0.25) is 0 Å². The van der Waals surface area contributed by atoms with Crippen molar-refractivity contribution in [2.24, 2.45) is 5.92 Å². The van der Waals surface area contributed by atoms with E-state index in [9.17, 15) is 9.59 Å². The van der Waals surface area contributed by atoms with Gasteiger partial charge in [0.25, 0.3) is 0 Å². The molecule has 1 aliphatic rings. The lowest BCUT2D eigenvalue weighted by atomic mass is 10.0. The van der Waals surface area contributed by atoms with E-state index in [-0.39, 0.29) is 5.91 Å². The monoisotopic (exact) mass is 227 g/mol. The molecule has 1 amide bonds. The normalized spacial score (nSPS) is 18.2. The Morgan fingerprint density at radius 3 is 2.38 bits per heavy atom. The maximum Gasteiger partial charge on any atom is 0.318 e. The second kappa shape index (κ2) is 5.87. The predicted molar refractivity (Wildman–Crippen MR) is 60.8 cm³/mol. The highest BCUT2D eigenvalue weighted by Crippen LogP contribution is 2.24. The highest BCUT2D eigenvalue weighted by Gasteiger charge is 2.32. The molecule has 1 fully saturated rings. The van der Waals surface area contributed by atoms with E-state index in [0.717, 1.165) is 12.8 Å². The second-order valence-electron chi connectivity index (χ2n) is 4.37. The molecule has 4 heteroatoms. The summed E-state index contributed by atoms with van der Waals surface area (Å²) in [6, 6.07) is 0.311. The first-order valence-electron chi connectivity index (χ1n) is 5.96. The second-order valence-corrected chi connectivity index (χ2v) is 4.37. The Morgan fingerprint density at radius 1 is 1.38 bits per heavy atom. The fourth-order valence-electron chi connectivity index (χ4n) is 2.30. The van der Waals surface area contributed by atoms with Gasteiger partial charge < -0.3 is 9.64 Å². The van der Waals surface area contributed by atoms with E-state index in [1.165, 1.54) is 20.0 Å². The van der Waals surface area contributed by atoms with Gasteiger partial charge in [0.1, 0.15) is 5.92 Å². The minimum atomic E-state index is -0.629. The van der Waals surface area contributed by atoms with Crippen molar-refractivity contribution < 1.29 is 14.3 Å². The van der Waals surface area contributed by atoms with Gasteiger partial charge in [0.05, 0.1) is 7.11 Å². The molecule has 0 heterocycles. The molecule has 0 N–H and O–H groups in total. The molecule has 4 nitrogen and oxygen atoms in total. The van der Waals surface area contributed by atoms with Gasteiger partial charge in [-0.1, -0.05) is 19.8 Å². The number of hydrogen-bond donors (Lipinski definition) is 0. The minimum absolute atomic E-state index is 0.0961. The van der Waals surface area contributed by atoms with Crippen LogP contribution < -0.4 is 0 Å². The maximum atomic E-state index is 12.1. The summed E-state index contributed by atoms with van der Waals surface area (Å²) in [5, 5.41) is 0. The van der Waals surface area contributed by atoms with E-state index < -0.39 is 11.9 Å². The highest BCUT2D eigenvalue weighted by molar-refractivity contribution is 5.97. The van der Waals surface area contributed by atoms with Gasteiger partial charge in [0.2, 0.25) is 5.91 Å². The number of carbonyl (C=O) groups is 2. The molecule has 1 aliphatic carbocycles. The smallest absolute Gasteiger partial charge is 0.318 e.